The number of carbonyl (C=O) groups is 1. The molecule has 0 radical (unpaired) electrons. The van der Waals surface area contributed by atoms with Gasteiger partial charge >= 0.3 is 0 Å². The molecule has 1 aliphatic rings. The maximum atomic E-state index is 13.7. The van der Waals surface area contributed by atoms with Crippen LogP contribution < -0.4 is 10.0 Å². The average Bonchev–Trinajstić information content (AvgIpc) is 3.29. The SMILES string of the molecule is Cc1ccc(S(=O)(=O)NC(Cc2ccccc2)C(=O)NCc2cccc(-c3ccc(C4OC(CN(C)C(C)c5ccccc5)C(C)C(c5ccc(CO)cc5)O4)cc3)c2)cc1. The van der Waals surface area contributed by atoms with Crippen molar-refractivity contribution >= 4 is 15.9 Å². The van der Waals surface area contributed by atoms with Crippen molar-refractivity contribution in [2.75, 3.05) is 13.6 Å². The molecule has 1 fully saturated rings. The van der Waals surface area contributed by atoms with Crippen LogP contribution in [0.4, 0.5) is 0 Å². The van der Waals surface area contributed by atoms with E-state index in [2.05, 4.69) is 72.2 Å². The Labute approximate surface area is 360 Å². The summed E-state index contributed by atoms with van der Waals surface area (Å²) >= 11 is 0. The smallest absolute Gasteiger partial charge is 0.241 e. The number of sulfonamides is 1. The third-order valence-electron chi connectivity index (χ3n) is 11.7. The van der Waals surface area contributed by atoms with Gasteiger partial charge in [-0.3, -0.25) is 9.69 Å². The highest BCUT2D eigenvalue weighted by Crippen LogP contribution is 2.42. The number of carbonyl (C=O) groups excluding carboxylic acids is 1. The Morgan fingerprint density at radius 2 is 1.38 bits per heavy atom. The van der Waals surface area contributed by atoms with Crippen LogP contribution in [-0.4, -0.2) is 50.1 Å². The Balaban J connectivity index is 1.05. The maximum absolute atomic E-state index is 13.7. The van der Waals surface area contributed by atoms with Crippen LogP contribution in [0.15, 0.2) is 163 Å². The predicted molar refractivity (Wildman–Crippen MR) is 240 cm³/mol. The van der Waals surface area contributed by atoms with Gasteiger partial charge in [0.05, 0.1) is 23.7 Å². The van der Waals surface area contributed by atoms with Crippen molar-refractivity contribution in [1.82, 2.24) is 14.9 Å². The zero-order valence-electron chi connectivity index (χ0n) is 35.1. The van der Waals surface area contributed by atoms with E-state index >= 15 is 0 Å². The summed E-state index contributed by atoms with van der Waals surface area (Å²) in [5.41, 5.74) is 8.63. The summed E-state index contributed by atoms with van der Waals surface area (Å²) in [4.78, 5) is 16.1. The normalized spacial score (nSPS) is 19.0. The lowest BCUT2D eigenvalue weighted by molar-refractivity contribution is -0.276. The molecule has 1 aliphatic heterocycles. The minimum absolute atomic E-state index is 0.0180. The highest BCUT2D eigenvalue weighted by molar-refractivity contribution is 7.89. The largest absolute Gasteiger partial charge is 0.392 e. The van der Waals surface area contributed by atoms with E-state index in [1.54, 1.807) is 24.3 Å². The minimum atomic E-state index is -3.96. The Morgan fingerprint density at radius 1 is 0.738 bits per heavy atom. The van der Waals surface area contributed by atoms with Crippen LogP contribution in [-0.2, 0) is 43.9 Å². The molecule has 6 atom stereocenters. The second-order valence-corrected chi connectivity index (χ2v) is 17.8. The van der Waals surface area contributed by atoms with Gasteiger partial charge in [0.2, 0.25) is 15.9 Å². The molecule has 6 unspecified atom stereocenters. The predicted octanol–water partition coefficient (Wildman–Crippen LogP) is 8.84. The summed E-state index contributed by atoms with van der Waals surface area (Å²) in [7, 11) is -1.83. The zero-order valence-corrected chi connectivity index (χ0v) is 36.0. The van der Waals surface area contributed by atoms with Gasteiger partial charge in [-0.2, -0.15) is 4.72 Å². The molecule has 316 valence electrons. The second kappa shape index (κ2) is 19.9. The van der Waals surface area contributed by atoms with E-state index in [-0.39, 0.29) is 48.6 Å². The van der Waals surface area contributed by atoms with Crippen molar-refractivity contribution in [3.05, 3.63) is 197 Å². The number of aliphatic hydroxyl groups excluding tert-OH is 1. The Kier molecular flexibility index (Phi) is 14.3. The van der Waals surface area contributed by atoms with Crippen molar-refractivity contribution in [1.29, 1.82) is 0 Å². The van der Waals surface area contributed by atoms with Crippen molar-refractivity contribution < 1.29 is 27.8 Å². The number of nitrogens with zero attached hydrogens (tertiary/aromatic N) is 1. The number of nitrogens with one attached hydrogen (secondary N) is 2. The van der Waals surface area contributed by atoms with E-state index in [9.17, 15) is 18.3 Å². The quantitative estimate of drug-likeness (QED) is 0.0893. The third kappa shape index (κ3) is 11.1. The van der Waals surface area contributed by atoms with E-state index in [0.29, 0.717) is 6.54 Å². The lowest BCUT2D eigenvalue weighted by Gasteiger charge is -2.43. The molecular weight excluding hydrogens is 783 g/mol. The number of aryl methyl sites for hydroxylation is 1. The summed E-state index contributed by atoms with van der Waals surface area (Å²) in [6.45, 7) is 7.18. The highest BCUT2D eigenvalue weighted by atomic mass is 32.2. The minimum Gasteiger partial charge on any atom is -0.392 e. The van der Waals surface area contributed by atoms with E-state index in [0.717, 1.165) is 44.5 Å². The van der Waals surface area contributed by atoms with Gasteiger partial charge in [-0.25, -0.2) is 8.42 Å². The van der Waals surface area contributed by atoms with E-state index in [4.69, 9.17) is 9.47 Å². The van der Waals surface area contributed by atoms with Crippen molar-refractivity contribution in [3.8, 4) is 11.1 Å². The molecule has 7 rings (SSSR count). The maximum Gasteiger partial charge on any atom is 0.241 e. The van der Waals surface area contributed by atoms with Crippen molar-refractivity contribution in [2.45, 2.75) is 75.8 Å². The number of amides is 1. The number of hydrogen-bond donors (Lipinski definition) is 3. The number of aliphatic hydroxyl groups is 1. The van der Waals surface area contributed by atoms with Crippen LogP contribution in [0.1, 0.15) is 71.2 Å². The highest BCUT2D eigenvalue weighted by Gasteiger charge is 2.39. The molecule has 3 N–H and O–H groups in total. The summed E-state index contributed by atoms with van der Waals surface area (Å²) < 4.78 is 43.0. The first-order valence-electron chi connectivity index (χ1n) is 20.8. The first kappa shape index (κ1) is 43.6. The van der Waals surface area contributed by atoms with Gasteiger partial charge in [-0.1, -0.05) is 152 Å². The van der Waals surface area contributed by atoms with Crippen LogP contribution in [0.3, 0.4) is 0 Å². The molecule has 0 saturated carbocycles. The first-order valence-corrected chi connectivity index (χ1v) is 22.3. The number of benzene rings is 6. The summed E-state index contributed by atoms with van der Waals surface area (Å²) in [5.74, 6) is -0.371. The lowest BCUT2D eigenvalue weighted by Crippen LogP contribution is -2.47. The van der Waals surface area contributed by atoms with Gasteiger partial charge in [0.15, 0.2) is 6.29 Å². The van der Waals surface area contributed by atoms with E-state index in [1.165, 1.54) is 5.56 Å². The molecular formula is C51H55N3O6S. The van der Waals surface area contributed by atoms with Gasteiger partial charge in [0.1, 0.15) is 6.04 Å². The number of rotatable bonds is 16. The molecule has 0 aliphatic carbocycles. The fraction of sp³-hybridized carbons (Fsp3) is 0.275. The molecule has 1 amide bonds. The molecule has 6 aromatic rings. The summed E-state index contributed by atoms with van der Waals surface area (Å²) in [5, 5.41) is 12.7. The van der Waals surface area contributed by atoms with Crippen LogP contribution >= 0.6 is 0 Å². The molecule has 1 saturated heterocycles. The van der Waals surface area contributed by atoms with Gasteiger partial charge in [0, 0.05) is 30.6 Å². The fourth-order valence-electron chi connectivity index (χ4n) is 7.77. The lowest BCUT2D eigenvalue weighted by atomic mass is 9.89. The monoisotopic (exact) mass is 837 g/mol. The molecule has 0 aromatic heterocycles. The van der Waals surface area contributed by atoms with Crippen LogP contribution in [0, 0.1) is 12.8 Å². The van der Waals surface area contributed by atoms with E-state index in [1.807, 2.05) is 104 Å². The van der Waals surface area contributed by atoms with Gasteiger partial charge < -0.3 is 19.9 Å². The second-order valence-electron chi connectivity index (χ2n) is 16.1. The van der Waals surface area contributed by atoms with Crippen molar-refractivity contribution in [2.24, 2.45) is 5.92 Å². The van der Waals surface area contributed by atoms with Gasteiger partial charge in [-0.05, 0) is 84.5 Å². The van der Waals surface area contributed by atoms with Crippen LogP contribution in [0.25, 0.3) is 11.1 Å². The molecule has 61 heavy (non-hydrogen) atoms. The first-order chi connectivity index (χ1) is 29.5. The number of hydrogen-bond acceptors (Lipinski definition) is 7. The average molecular weight is 838 g/mol. The van der Waals surface area contributed by atoms with Crippen LogP contribution in [0.2, 0.25) is 0 Å². The standard InChI is InChI=1S/C51H55N3O6S/c1-35-18-28-46(29-19-35)61(57,58)53-47(31-38-12-7-5-8-13-38)50(56)52-32-40-14-11-17-45(30-40)42-24-26-44(27-25-42)51-59-48(33-54(4)37(3)41-15-9-6-10-16-41)36(2)49(60-51)43-22-20-39(34-55)21-23-43/h5-30,36-37,47-49,51,53,55H,31-34H2,1-4H3,(H,52,56). The Bertz CT molecular complexity index is 2450. The Hall–Kier alpha value is -5.46. The number of likely N-dealkylation sites (N-methyl/N-ethyl adjacent to an activating group) is 1. The third-order valence-corrected chi connectivity index (χ3v) is 13.2. The molecule has 6 aromatic carbocycles. The summed E-state index contributed by atoms with van der Waals surface area (Å²) in [6, 6.07) is 49.7. The number of ether oxygens (including phenoxy) is 2. The Morgan fingerprint density at radius 3 is 2.05 bits per heavy atom. The molecule has 0 bridgehead atoms. The van der Waals surface area contributed by atoms with Gasteiger partial charge in [0.25, 0.3) is 0 Å². The summed E-state index contributed by atoms with van der Waals surface area (Å²) in [6.07, 6.45) is -0.770. The molecule has 1 heterocycles. The van der Waals surface area contributed by atoms with Crippen LogP contribution in [0.5, 0.6) is 0 Å². The fourth-order valence-corrected chi connectivity index (χ4v) is 8.97. The molecule has 10 heteroatoms. The molecule has 9 nitrogen and oxygen atoms in total. The van der Waals surface area contributed by atoms with E-state index < -0.39 is 28.3 Å². The van der Waals surface area contributed by atoms with Crippen molar-refractivity contribution in [3.63, 3.8) is 0 Å². The van der Waals surface area contributed by atoms with Gasteiger partial charge in [-0.15, -0.1) is 0 Å². The molecule has 0 spiro atoms. The topological polar surface area (TPSA) is 117 Å². The zero-order chi connectivity index (χ0) is 42.9.